The number of rotatable bonds is 6. The molecular weight excluding hydrogens is 328 g/mol. The lowest BCUT2D eigenvalue weighted by Gasteiger charge is -2.15. The molecule has 0 aromatic heterocycles. The molecule has 0 radical (unpaired) electrons. The molecular formula is C18H19BrO2. The predicted octanol–water partition coefficient (Wildman–Crippen LogP) is 5.22. The summed E-state index contributed by atoms with van der Waals surface area (Å²) in [5.41, 5.74) is 1.77. The highest BCUT2D eigenvalue weighted by Gasteiger charge is 2.20. The summed E-state index contributed by atoms with van der Waals surface area (Å²) in [6.45, 7) is 4.58. The van der Waals surface area contributed by atoms with Crippen LogP contribution in [0.15, 0.2) is 53.0 Å². The first kappa shape index (κ1) is 15.8. The largest absolute Gasteiger partial charge is 0.493 e. The van der Waals surface area contributed by atoms with E-state index in [0.29, 0.717) is 12.2 Å². The first-order chi connectivity index (χ1) is 10.2. The Balaban J connectivity index is 2.28. The summed E-state index contributed by atoms with van der Waals surface area (Å²) in [6, 6.07) is 15.5. The van der Waals surface area contributed by atoms with Gasteiger partial charge in [-0.05, 0) is 53.0 Å². The highest BCUT2D eigenvalue weighted by Crippen LogP contribution is 2.30. The highest BCUT2D eigenvalue weighted by atomic mass is 79.9. The van der Waals surface area contributed by atoms with Crippen LogP contribution in [-0.2, 0) is 0 Å². The third kappa shape index (κ3) is 3.73. The number of Topliss-reactive ketones (excluding diaryl/α,β-unsaturated/α-hetero) is 1. The van der Waals surface area contributed by atoms with Crippen LogP contribution in [0.2, 0.25) is 0 Å². The summed E-state index contributed by atoms with van der Waals surface area (Å²) >= 11 is 3.47. The van der Waals surface area contributed by atoms with E-state index in [9.17, 15) is 4.79 Å². The molecule has 0 fully saturated rings. The van der Waals surface area contributed by atoms with E-state index in [1.165, 1.54) is 0 Å². The summed E-state index contributed by atoms with van der Waals surface area (Å²) in [7, 11) is 0. The fourth-order valence-electron chi connectivity index (χ4n) is 2.39. The van der Waals surface area contributed by atoms with Crippen LogP contribution >= 0.6 is 15.9 Å². The van der Waals surface area contributed by atoms with Crippen molar-refractivity contribution in [1.29, 1.82) is 0 Å². The minimum absolute atomic E-state index is 0.101. The van der Waals surface area contributed by atoms with Gasteiger partial charge in [0.2, 0.25) is 0 Å². The van der Waals surface area contributed by atoms with E-state index in [0.717, 1.165) is 22.2 Å². The molecule has 2 nitrogen and oxygen atoms in total. The minimum Gasteiger partial charge on any atom is -0.493 e. The number of ketones is 1. The topological polar surface area (TPSA) is 26.3 Å². The van der Waals surface area contributed by atoms with Crippen molar-refractivity contribution in [2.75, 3.05) is 6.61 Å². The Morgan fingerprint density at radius 1 is 1.14 bits per heavy atom. The van der Waals surface area contributed by atoms with Gasteiger partial charge in [0.25, 0.3) is 0 Å². The standard InChI is InChI=1S/C18H19BrO2/c1-3-15(13-8-6-5-7-9-13)18(20)14-10-11-17(21-4-2)16(19)12-14/h5-12,15H,3-4H2,1-2H3. The Morgan fingerprint density at radius 2 is 1.86 bits per heavy atom. The lowest BCUT2D eigenvalue weighted by atomic mass is 9.89. The summed E-state index contributed by atoms with van der Waals surface area (Å²) in [5.74, 6) is 0.810. The van der Waals surface area contributed by atoms with Gasteiger partial charge in [-0.1, -0.05) is 37.3 Å². The average molecular weight is 347 g/mol. The van der Waals surface area contributed by atoms with Crippen molar-refractivity contribution in [3.63, 3.8) is 0 Å². The molecule has 0 heterocycles. The molecule has 0 aliphatic heterocycles. The van der Waals surface area contributed by atoms with E-state index in [4.69, 9.17) is 4.74 Å². The molecule has 0 amide bonds. The molecule has 1 unspecified atom stereocenters. The number of carbonyl (C=O) groups is 1. The maximum Gasteiger partial charge on any atom is 0.170 e. The minimum atomic E-state index is -0.101. The number of ether oxygens (including phenoxy) is 1. The molecule has 0 aliphatic carbocycles. The maximum atomic E-state index is 12.7. The monoisotopic (exact) mass is 346 g/mol. The van der Waals surface area contributed by atoms with Crippen LogP contribution < -0.4 is 4.74 Å². The Labute approximate surface area is 134 Å². The number of hydrogen-bond donors (Lipinski definition) is 0. The first-order valence-electron chi connectivity index (χ1n) is 7.18. The molecule has 0 saturated heterocycles. The number of hydrogen-bond acceptors (Lipinski definition) is 2. The molecule has 0 bridgehead atoms. The molecule has 2 aromatic carbocycles. The third-order valence-electron chi connectivity index (χ3n) is 3.44. The smallest absolute Gasteiger partial charge is 0.170 e. The summed E-state index contributed by atoms with van der Waals surface area (Å²) < 4.78 is 6.30. The van der Waals surface area contributed by atoms with Crippen LogP contribution in [0, 0.1) is 0 Å². The van der Waals surface area contributed by atoms with Gasteiger partial charge in [-0.3, -0.25) is 4.79 Å². The van der Waals surface area contributed by atoms with E-state index in [1.54, 1.807) is 0 Å². The van der Waals surface area contributed by atoms with Crippen molar-refractivity contribution in [2.45, 2.75) is 26.2 Å². The third-order valence-corrected chi connectivity index (χ3v) is 4.06. The quantitative estimate of drug-likeness (QED) is 0.670. The van der Waals surface area contributed by atoms with Crippen molar-refractivity contribution in [1.82, 2.24) is 0 Å². The molecule has 2 aromatic rings. The van der Waals surface area contributed by atoms with Crippen molar-refractivity contribution < 1.29 is 9.53 Å². The second-order valence-corrected chi connectivity index (χ2v) is 5.67. The second kappa shape index (κ2) is 7.41. The van der Waals surface area contributed by atoms with Gasteiger partial charge in [-0.15, -0.1) is 0 Å². The Bertz CT molecular complexity index is 608. The van der Waals surface area contributed by atoms with E-state index in [2.05, 4.69) is 15.9 Å². The van der Waals surface area contributed by atoms with Crippen molar-refractivity contribution in [3.8, 4) is 5.75 Å². The molecule has 0 N–H and O–H groups in total. The Hall–Kier alpha value is -1.61. The lowest BCUT2D eigenvalue weighted by Crippen LogP contribution is -2.12. The van der Waals surface area contributed by atoms with Crippen LogP contribution in [0.3, 0.4) is 0 Å². The Morgan fingerprint density at radius 3 is 2.43 bits per heavy atom. The molecule has 0 spiro atoms. The fourth-order valence-corrected chi connectivity index (χ4v) is 2.88. The first-order valence-corrected chi connectivity index (χ1v) is 7.98. The van der Waals surface area contributed by atoms with Crippen LogP contribution in [0.1, 0.15) is 42.1 Å². The Kier molecular flexibility index (Phi) is 5.57. The van der Waals surface area contributed by atoms with Gasteiger partial charge < -0.3 is 4.74 Å². The van der Waals surface area contributed by atoms with Gasteiger partial charge in [0.15, 0.2) is 5.78 Å². The zero-order chi connectivity index (χ0) is 15.2. The van der Waals surface area contributed by atoms with Gasteiger partial charge in [0.05, 0.1) is 11.1 Å². The van der Waals surface area contributed by atoms with E-state index >= 15 is 0 Å². The lowest BCUT2D eigenvalue weighted by molar-refractivity contribution is 0.0957. The molecule has 110 valence electrons. The average Bonchev–Trinajstić information content (AvgIpc) is 2.51. The number of benzene rings is 2. The molecule has 0 aliphatic rings. The molecule has 1 atom stereocenters. The van der Waals surface area contributed by atoms with Crippen molar-refractivity contribution in [2.24, 2.45) is 0 Å². The van der Waals surface area contributed by atoms with Crippen molar-refractivity contribution >= 4 is 21.7 Å². The zero-order valence-corrected chi connectivity index (χ0v) is 13.9. The normalized spacial score (nSPS) is 12.0. The summed E-state index contributed by atoms with van der Waals surface area (Å²) in [4.78, 5) is 12.7. The van der Waals surface area contributed by atoms with Gasteiger partial charge in [0, 0.05) is 11.5 Å². The van der Waals surface area contributed by atoms with Gasteiger partial charge in [-0.2, -0.15) is 0 Å². The van der Waals surface area contributed by atoms with Crippen LogP contribution in [-0.4, -0.2) is 12.4 Å². The maximum absolute atomic E-state index is 12.7. The molecule has 0 saturated carbocycles. The fraction of sp³-hybridized carbons (Fsp3) is 0.278. The number of carbonyl (C=O) groups excluding carboxylic acids is 1. The summed E-state index contributed by atoms with van der Waals surface area (Å²) in [5, 5.41) is 0. The van der Waals surface area contributed by atoms with Crippen LogP contribution in [0.4, 0.5) is 0 Å². The molecule has 21 heavy (non-hydrogen) atoms. The highest BCUT2D eigenvalue weighted by molar-refractivity contribution is 9.10. The van der Waals surface area contributed by atoms with Gasteiger partial charge in [-0.25, -0.2) is 0 Å². The second-order valence-electron chi connectivity index (χ2n) is 4.81. The molecule has 2 rings (SSSR count). The van der Waals surface area contributed by atoms with Crippen LogP contribution in [0.25, 0.3) is 0 Å². The van der Waals surface area contributed by atoms with Crippen molar-refractivity contribution in [3.05, 3.63) is 64.1 Å². The van der Waals surface area contributed by atoms with Gasteiger partial charge in [0.1, 0.15) is 5.75 Å². The van der Waals surface area contributed by atoms with Gasteiger partial charge >= 0.3 is 0 Å². The SMILES string of the molecule is CCOc1ccc(C(=O)C(CC)c2ccccc2)cc1Br. The van der Waals surface area contributed by atoms with E-state index in [1.807, 2.05) is 62.4 Å². The van der Waals surface area contributed by atoms with E-state index in [-0.39, 0.29) is 11.7 Å². The summed E-state index contributed by atoms with van der Waals surface area (Å²) in [6.07, 6.45) is 0.785. The number of halogens is 1. The van der Waals surface area contributed by atoms with E-state index < -0.39 is 0 Å². The molecule has 3 heteroatoms. The predicted molar refractivity (Wildman–Crippen MR) is 89.1 cm³/mol. The van der Waals surface area contributed by atoms with Crippen LogP contribution in [0.5, 0.6) is 5.75 Å². The zero-order valence-electron chi connectivity index (χ0n) is 12.3.